The van der Waals surface area contributed by atoms with Crippen molar-refractivity contribution in [1.82, 2.24) is 0 Å². The van der Waals surface area contributed by atoms with Crippen LogP contribution in [0.25, 0.3) is 32.7 Å². The Morgan fingerprint density at radius 3 is 2.21 bits per heavy atom. The van der Waals surface area contributed by atoms with Gasteiger partial charge in [0, 0.05) is 0 Å². The molecule has 0 amide bonds. The standard InChI is InChI=1S/C20H12ClNO2/c21-18-12-15-7-3-4-8-17(15)19(20(18)22(23)24)16-10-9-13-5-1-2-6-14(13)11-16/h1-12H. The second-order valence-corrected chi connectivity index (χ2v) is 6.03. The van der Waals surface area contributed by atoms with Crippen molar-refractivity contribution in [3.05, 3.63) is 87.9 Å². The van der Waals surface area contributed by atoms with Gasteiger partial charge >= 0.3 is 0 Å². The summed E-state index contributed by atoms with van der Waals surface area (Å²) in [7, 11) is 0. The van der Waals surface area contributed by atoms with Gasteiger partial charge in [0.1, 0.15) is 5.02 Å². The fourth-order valence-electron chi connectivity index (χ4n) is 3.12. The molecule has 0 aliphatic carbocycles. The summed E-state index contributed by atoms with van der Waals surface area (Å²) in [6, 6.07) is 23.0. The summed E-state index contributed by atoms with van der Waals surface area (Å²) in [6.07, 6.45) is 0. The zero-order valence-corrected chi connectivity index (χ0v) is 13.3. The molecule has 0 aromatic heterocycles. The van der Waals surface area contributed by atoms with E-state index in [1.165, 1.54) is 0 Å². The summed E-state index contributed by atoms with van der Waals surface area (Å²) in [6.45, 7) is 0. The Bertz CT molecular complexity index is 1110. The Balaban J connectivity index is 2.13. The van der Waals surface area contributed by atoms with Gasteiger partial charge in [-0.05, 0) is 39.2 Å². The molecule has 0 aliphatic heterocycles. The van der Waals surface area contributed by atoms with E-state index in [4.69, 9.17) is 11.6 Å². The normalized spacial score (nSPS) is 11.0. The molecule has 0 spiro atoms. The molecule has 116 valence electrons. The number of hydrogen-bond donors (Lipinski definition) is 0. The highest BCUT2D eigenvalue weighted by molar-refractivity contribution is 6.34. The average Bonchev–Trinajstić information content (AvgIpc) is 2.59. The lowest BCUT2D eigenvalue weighted by Gasteiger charge is -2.10. The number of nitro groups is 1. The first kappa shape index (κ1) is 14.7. The first-order valence-electron chi connectivity index (χ1n) is 7.50. The van der Waals surface area contributed by atoms with Crippen molar-refractivity contribution >= 4 is 38.8 Å². The summed E-state index contributed by atoms with van der Waals surface area (Å²) >= 11 is 6.23. The van der Waals surface area contributed by atoms with Crippen LogP contribution in [0, 0.1) is 10.1 Å². The minimum Gasteiger partial charge on any atom is -0.258 e. The van der Waals surface area contributed by atoms with Crippen LogP contribution in [0.3, 0.4) is 0 Å². The van der Waals surface area contributed by atoms with Gasteiger partial charge in [0.2, 0.25) is 0 Å². The van der Waals surface area contributed by atoms with E-state index in [0.29, 0.717) is 5.56 Å². The summed E-state index contributed by atoms with van der Waals surface area (Å²) in [5, 5.41) is 15.6. The lowest BCUT2D eigenvalue weighted by Crippen LogP contribution is -1.95. The molecule has 0 heterocycles. The van der Waals surface area contributed by atoms with Crippen molar-refractivity contribution in [2.75, 3.05) is 0 Å². The fraction of sp³-hybridized carbons (Fsp3) is 0. The molecule has 0 bridgehead atoms. The van der Waals surface area contributed by atoms with Crippen molar-refractivity contribution in [3.8, 4) is 11.1 Å². The highest BCUT2D eigenvalue weighted by Gasteiger charge is 2.23. The van der Waals surface area contributed by atoms with Crippen LogP contribution >= 0.6 is 11.6 Å². The summed E-state index contributed by atoms with van der Waals surface area (Å²) in [4.78, 5) is 11.2. The van der Waals surface area contributed by atoms with Crippen LogP contribution in [0.5, 0.6) is 0 Å². The molecule has 0 fully saturated rings. The molecule has 4 heteroatoms. The Morgan fingerprint density at radius 2 is 1.46 bits per heavy atom. The number of nitrogens with zero attached hydrogens (tertiary/aromatic N) is 1. The van der Waals surface area contributed by atoms with Crippen molar-refractivity contribution < 1.29 is 4.92 Å². The zero-order valence-electron chi connectivity index (χ0n) is 12.6. The van der Waals surface area contributed by atoms with E-state index in [-0.39, 0.29) is 10.7 Å². The van der Waals surface area contributed by atoms with Gasteiger partial charge in [-0.2, -0.15) is 0 Å². The quantitative estimate of drug-likeness (QED) is 0.323. The lowest BCUT2D eigenvalue weighted by molar-refractivity contribution is -0.383. The van der Waals surface area contributed by atoms with E-state index in [9.17, 15) is 10.1 Å². The molecule has 0 N–H and O–H groups in total. The predicted octanol–water partition coefficient (Wildman–Crippen LogP) is 6.22. The molecule has 0 saturated heterocycles. The Kier molecular flexibility index (Phi) is 3.44. The molecule has 4 rings (SSSR count). The minimum atomic E-state index is -0.403. The average molecular weight is 334 g/mol. The van der Waals surface area contributed by atoms with E-state index in [0.717, 1.165) is 27.1 Å². The third-order valence-electron chi connectivity index (χ3n) is 4.20. The monoisotopic (exact) mass is 333 g/mol. The van der Waals surface area contributed by atoms with Crippen LogP contribution in [0.2, 0.25) is 5.02 Å². The Hall–Kier alpha value is -2.91. The maximum atomic E-state index is 11.6. The SMILES string of the molecule is O=[N+]([O-])c1c(Cl)cc2ccccc2c1-c1ccc2ccccc2c1. The maximum Gasteiger partial charge on any atom is 0.296 e. The highest BCUT2D eigenvalue weighted by Crippen LogP contribution is 2.42. The third kappa shape index (κ3) is 2.30. The number of nitro benzene ring substituents is 1. The van der Waals surface area contributed by atoms with Gasteiger partial charge in [-0.15, -0.1) is 0 Å². The molecule has 0 aliphatic rings. The Morgan fingerprint density at radius 1 is 0.792 bits per heavy atom. The summed E-state index contributed by atoms with van der Waals surface area (Å²) in [5.41, 5.74) is 1.30. The van der Waals surface area contributed by atoms with Gasteiger partial charge in [0.25, 0.3) is 5.69 Å². The molecule has 4 aromatic carbocycles. The molecule has 0 saturated carbocycles. The van der Waals surface area contributed by atoms with Crippen molar-refractivity contribution in [2.24, 2.45) is 0 Å². The first-order chi connectivity index (χ1) is 11.6. The van der Waals surface area contributed by atoms with E-state index < -0.39 is 4.92 Å². The van der Waals surface area contributed by atoms with Crippen molar-refractivity contribution in [1.29, 1.82) is 0 Å². The van der Waals surface area contributed by atoms with Gasteiger partial charge in [-0.3, -0.25) is 10.1 Å². The first-order valence-corrected chi connectivity index (χ1v) is 7.88. The van der Waals surface area contributed by atoms with E-state index in [1.54, 1.807) is 6.07 Å². The third-order valence-corrected chi connectivity index (χ3v) is 4.48. The van der Waals surface area contributed by atoms with Crippen LogP contribution in [-0.4, -0.2) is 4.92 Å². The molecule has 0 radical (unpaired) electrons. The Labute approximate surface area is 143 Å². The number of fused-ring (bicyclic) bond motifs is 2. The fourth-order valence-corrected chi connectivity index (χ4v) is 3.40. The molecular weight excluding hydrogens is 322 g/mol. The van der Waals surface area contributed by atoms with Gasteiger partial charge in [0.05, 0.1) is 10.5 Å². The molecule has 3 nitrogen and oxygen atoms in total. The van der Waals surface area contributed by atoms with Gasteiger partial charge in [0.15, 0.2) is 0 Å². The van der Waals surface area contributed by atoms with Crippen LogP contribution < -0.4 is 0 Å². The van der Waals surface area contributed by atoms with Crippen LogP contribution in [0.4, 0.5) is 5.69 Å². The number of rotatable bonds is 2. The molecular formula is C20H12ClNO2. The summed E-state index contributed by atoms with van der Waals surface area (Å²) < 4.78 is 0. The highest BCUT2D eigenvalue weighted by atomic mass is 35.5. The van der Waals surface area contributed by atoms with Crippen molar-refractivity contribution in [3.63, 3.8) is 0 Å². The zero-order chi connectivity index (χ0) is 16.7. The van der Waals surface area contributed by atoms with Crippen LogP contribution in [0.1, 0.15) is 0 Å². The number of halogens is 1. The topological polar surface area (TPSA) is 43.1 Å². The minimum absolute atomic E-state index is 0.0503. The van der Waals surface area contributed by atoms with E-state index >= 15 is 0 Å². The van der Waals surface area contributed by atoms with Gasteiger partial charge < -0.3 is 0 Å². The largest absolute Gasteiger partial charge is 0.296 e. The molecule has 0 atom stereocenters. The second-order valence-electron chi connectivity index (χ2n) is 5.62. The molecule has 4 aromatic rings. The number of hydrogen-bond acceptors (Lipinski definition) is 2. The smallest absolute Gasteiger partial charge is 0.258 e. The molecule has 0 unspecified atom stereocenters. The maximum absolute atomic E-state index is 11.6. The lowest BCUT2D eigenvalue weighted by atomic mass is 9.94. The predicted molar refractivity (Wildman–Crippen MR) is 98.6 cm³/mol. The van der Waals surface area contributed by atoms with E-state index in [1.807, 2.05) is 66.7 Å². The van der Waals surface area contributed by atoms with Crippen LogP contribution in [0.15, 0.2) is 72.8 Å². The van der Waals surface area contributed by atoms with Gasteiger partial charge in [-0.25, -0.2) is 0 Å². The van der Waals surface area contributed by atoms with Gasteiger partial charge in [-0.1, -0.05) is 72.3 Å². The summed E-state index contributed by atoms with van der Waals surface area (Å²) in [5.74, 6) is 0. The second kappa shape index (κ2) is 5.62. The van der Waals surface area contributed by atoms with Crippen LogP contribution in [-0.2, 0) is 0 Å². The van der Waals surface area contributed by atoms with E-state index in [2.05, 4.69) is 0 Å². The molecule has 24 heavy (non-hydrogen) atoms. The van der Waals surface area contributed by atoms with Crippen molar-refractivity contribution in [2.45, 2.75) is 0 Å². The number of benzene rings is 4.